The van der Waals surface area contributed by atoms with E-state index in [4.69, 9.17) is 0 Å². The first kappa shape index (κ1) is 11.2. The second-order valence-corrected chi connectivity index (χ2v) is 3.23. The van der Waals surface area contributed by atoms with E-state index in [1.165, 1.54) is 16.9 Å². The van der Waals surface area contributed by atoms with Crippen LogP contribution in [0.4, 0.5) is 0 Å². The molecular weight excluding hydrogens is 192 g/mol. The molecule has 0 N–H and O–H groups in total. The summed E-state index contributed by atoms with van der Waals surface area (Å²) in [5, 5.41) is 2.62. The third-order valence-electron chi connectivity index (χ3n) is 2.15. The summed E-state index contributed by atoms with van der Waals surface area (Å²) in [7, 11) is 1.57. The fourth-order valence-electron chi connectivity index (χ4n) is 1.17. The van der Waals surface area contributed by atoms with Crippen LogP contribution in [0.2, 0.25) is 0 Å². The lowest BCUT2D eigenvalue weighted by Gasteiger charge is -2.27. The van der Waals surface area contributed by atoms with Gasteiger partial charge in [-0.2, -0.15) is 0 Å². The van der Waals surface area contributed by atoms with Gasteiger partial charge in [0.15, 0.2) is 0 Å². The maximum Gasteiger partial charge on any atom is 0.237 e. The average Bonchev–Trinajstić information content (AvgIpc) is 2.26. The first-order chi connectivity index (χ1) is 7.15. The van der Waals surface area contributed by atoms with Crippen LogP contribution in [0, 0.1) is 0 Å². The van der Waals surface area contributed by atoms with Crippen LogP contribution in [0.1, 0.15) is 12.5 Å². The van der Waals surface area contributed by atoms with Gasteiger partial charge < -0.3 is 0 Å². The number of nitrogens with zero attached hydrogens (tertiary/aromatic N) is 2. The molecule has 0 aliphatic rings. The van der Waals surface area contributed by atoms with Crippen molar-refractivity contribution in [2.45, 2.75) is 13.5 Å². The smallest absolute Gasteiger partial charge is 0.237 e. The Kier molecular flexibility index (Phi) is 3.85. The first-order valence-corrected chi connectivity index (χ1v) is 4.65. The average molecular weight is 206 g/mol. The molecule has 4 nitrogen and oxygen atoms in total. The molecule has 15 heavy (non-hydrogen) atoms. The quantitative estimate of drug-likeness (QED) is 0.545. The van der Waals surface area contributed by atoms with E-state index in [1.54, 1.807) is 7.05 Å². The van der Waals surface area contributed by atoms with Gasteiger partial charge in [0.1, 0.15) is 0 Å². The van der Waals surface area contributed by atoms with Crippen LogP contribution in [-0.4, -0.2) is 29.4 Å². The van der Waals surface area contributed by atoms with Crippen molar-refractivity contribution in [3.05, 3.63) is 35.9 Å². The maximum atomic E-state index is 11.1. The normalized spacial score (nSPS) is 9.47. The van der Waals surface area contributed by atoms with E-state index in [1.807, 2.05) is 30.3 Å². The Hall–Kier alpha value is -1.84. The van der Waals surface area contributed by atoms with Gasteiger partial charge in [-0.25, -0.2) is 5.01 Å². The highest BCUT2D eigenvalue weighted by molar-refractivity contribution is 5.73. The second kappa shape index (κ2) is 5.14. The van der Waals surface area contributed by atoms with Gasteiger partial charge in [-0.15, -0.1) is 0 Å². The molecule has 0 fully saturated rings. The monoisotopic (exact) mass is 206 g/mol. The number of benzene rings is 1. The Labute approximate surface area is 89.1 Å². The Bertz CT molecular complexity index is 338. The molecule has 0 saturated heterocycles. The van der Waals surface area contributed by atoms with E-state index in [9.17, 15) is 9.59 Å². The van der Waals surface area contributed by atoms with Gasteiger partial charge in [-0.05, 0) is 5.56 Å². The predicted octanol–water partition coefficient (Wildman–Crippen LogP) is 1.04. The molecule has 0 unspecified atom stereocenters. The van der Waals surface area contributed by atoms with Gasteiger partial charge in [-0.1, -0.05) is 30.3 Å². The molecular formula is C11H14N2O2. The van der Waals surface area contributed by atoms with Crippen LogP contribution in [-0.2, 0) is 16.1 Å². The number of hydrazine groups is 1. The minimum absolute atomic E-state index is 0.168. The zero-order valence-corrected chi connectivity index (χ0v) is 8.88. The number of amides is 2. The minimum atomic E-state index is -0.168. The molecule has 0 spiro atoms. The molecule has 0 aliphatic carbocycles. The van der Waals surface area contributed by atoms with Gasteiger partial charge in [0.25, 0.3) is 0 Å². The Balaban J connectivity index is 2.70. The fourth-order valence-corrected chi connectivity index (χ4v) is 1.17. The van der Waals surface area contributed by atoms with Gasteiger partial charge >= 0.3 is 0 Å². The summed E-state index contributed by atoms with van der Waals surface area (Å²) in [5.41, 5.74) is 0.984. The molecule has 0 aliphatic heterocycles. The highest BCUT2D eigenvalue weighted by atomic mass is 16.2. The SMILES string of the molecule is CC(=O)N(C)N(C=O)Cc1ccccc1. The van der Waals surface area contributed by atoms with Crippen LogP contribution in [0.3, 0.4) is 0 Å². The zero-order chi connectivity index (χ0) is 11.3. The Morgan fingerprint density at radius 3 is 2.40 bits per heavy atom. The largest absolute Gasteiger partial charge is 0.277 e. The number of rotatable bonds is 4. The Morgan fingerprint density at radius 1 is 1.33 bits per heavy atom. The van der Waals surface area contributed by atoms with Crippen LogP contribution in [0.25, 0.3) is 0 Å². The van der Waals surface area contributed by atoms with Crippen molar-refractivity contribution in [3.63, 3.8) is 0 Å². The molecule has 0 heterocycles. The van der Waals surface area contributed by atoms with Crippen molar-refractivity contribution < 1.29 is 9.59 Å². The zero-order valence-electron chi connectivity index (χ0n) is 8.88. The molecule has 80 valence electrons. The van der Waals surface area contributed by atoms with Gasteiger partial charge in [0.05, 0.1) is 6.54 Å². The van der Waals surface area contributed by atoms with Crippen LogP contribution >= 0.6 is 0 Å². The molecule has 4 heteroatoms. The third-order valence-corrected chi connectivity index (χ3v) is 2.15. The van der Waals surface area contributed by atoms with Crippen molar-refractivity contribution in [3.8, 4) is 0 Å². The second-order valence-electron chi connectivity index (χ2n) is 3.23. The lowest BCUT2D eigenvalue weighted by molar-refractivity contribution is -0.152. The van der Waals surface area contributed by atoms with Crippen molar-refractivity contribution in [1.29, 1.82) is 0 Å². The molecule has 1 aromatic rings. The third kappa shape index (κ3) is 3.09. The van der Waals surface area contributed by atoms with Crippen molar-refractivity contribution >= 4 is 12.3 Å². The Morgan fingerprint density at radius 2 is 1.93 bits per heavy atom. The van der Waals surface area contributed by atoms with Crippen molar-refractivity contribution in [1.82, 2.24) is 10.0 Å². The van der Waals surface area contributed by atoms with E-state index in [0.29, 0.717) is 13.0 Å². The van der Waals surface area contributed by atoms with Crippen molar-refractivity contribution in [2.24, 2.45) is 0 Å². The molecule has 1 rings (SSSR count). The summed E-state index contributed by atoms with van der Waals surface area (Å²) in [6, 6.07) is 9.51. The van der Waals surface area contributed by atoms with Crippen LogP contribution < -0.4 is 0 Å². The van der Waals surface area contributed by atoms with Gasteiger partial charge in [0.2, 0.25) is 12.3 Å². The molecule has 0 radical (unpaired) electrons. The summed E-state index contributed by atoms with van der Waals surface area (Å²) >= 11 is 0. The lowest BCUT2D eigenvalue weighted by Crippen LogP contribution is -2.41. The number of hydrogen-bond acceptors (Lipinski definition) is 2. The van der Waals surface area contributed by atoms with Crippen molar-refractivity contribution in [2.75, 3.05) is 7.05 Å². The molecule has 0 aromatic heterocycles. The summed E-state index contributed by atoms with van der Waals surface area (Å²) in [5.74, 6) is -0.168. The molecule has 1 aromatic carbocycles. The number of hydrogen-bond donors (Lipinski definition) is 0. The first-order valence-electron chi connectivity index (χ1n) is 4.65. The molecule has 0 bridgehead atoms. The van der Waals surface area contributed by atoms with Gasteiger partial charge in [-0.3, -0.25) is 14.6 Å². The fraction of sp³-hybridized carbons (Fsp3) is 0.273. The van der Waals surface area contributed by atoms with E-state index in [0.717, 1.165) is 5.56 Å². The number of carbonyl (C=O) groups excluding carboxylic acids is 2. The highest BCUT2D eigenvalue weighted by Crippen LogP contribution is 2.04. The van der Waals surface area contributed by atoms with Gasteiger partial charge in [0, 0.05) is 14.0 Å². The maximum absolute atomic E-state index is 11.1. The van der Waals surface area contributed by atoms with E-state index < -0.39 is 0 Å². The summed E-state index contributed by atoms with van der Waals surface area (Å²) in [6.45, 7) is 1.82. The van der Waals surface area contributed by atoms with E-state index >= 15 is 0 Å². The van der Waals surface area contributed by atoms with E-state index in [-0.39, 0.29) is 5.91 Å². The number of carbonyl (C=O) groups is 2. The topological polar surface area (TPSA) is 40.6 Å². The van der Waals surface area contributed by atoms with E-state index in [2.05, 4.69) is 0 Å². The molecule has 0 saturated carbocycles. The summed E-state index contributed by atoms with van der Waals surface area (Å²) in [4.78, 5) is 21.8. The standard InChI is InChI=1S/C11H14N2O2/c1-10(15)12(2)13(9-14)8-11-6-4-3-5-7-11/h3-7,9H,8H2,1-2H3. The molecule has 2 amide bonds. The predicted molar refractivity (Wildman–Crippen MR) is 56.5 cm³/mol. The van der Waals surface area contributed by atoms with Crippen LogP contribution in [0.15, 0.2) is 30.3 Å². The highest BCUT2D eigenvalue weighted by Gasteiger charge is 2.11. The molecule has 0 atom stereocenters. The lowest BCUT2D eigenvalue weighted by atomic mass is 10.2. The summed E-state index contributed by atoms with van der Waals surface area (Å²) < 4.78 is 0. The van der Waals surface area contributed by atoms with Crippen LogP contribution in [0.5, 0.6) is 0 Å². The summed E-state index contributed by atoms with van der Waals surface area (Å²) in [6.07, 6.45) is 0.647. The minimum Gasteiger partial charge on any atom is -0.277 e.